The Morgan fingerprint density at radius 3 is 2.71 bits per heavy atom. The fraction of sp³-hybridized carbons (Fsp3) is 0.318. The molecule has 0 spiro atoms. The van der Waals surface area contributed by atoms with E-state index in [0.717, 1.165) is 11.3 Å². The number of para-hydroxylation sites is 1. The van der Waals surface area contributed by atoms with Gasteiger partial charge in [0.25, 0.3) is 5.69 Å². The van der Waals surface area contributed by atoms with Crippen LogP contribution in [0.15, 0.2) is 48.5 Å². The van der Waals surface area contributed by atoms with Gasteiger partial charge in [0.05, 0.1) is 10.5 Å². The number of fused-ring (bicyclic) bond motifs is 3. The number of aryl methyl sites for hydroxylation is 1. The van der Waals surface area contributed by atoms with E-state index >= 15 is 0 Å². The number of carbonyl (C=O) groups is 1. The molecule has 0 radical (unpaired) electrons. The van der Waals surface area contributed by atoms with Gasteiger partial charge in [-0.3, -0.25) is 14.9 Å². The molecule has 2 aliphatic heterocycles. The highest BCUT2D eigenvalue weighted by molar-refractivity contribution is 5.85. The summed E-state index contributed by atoms with van der Waals surface area (Å²) in [6.45, 7) is 6.88. The van der Waals surface area contributed by atoms with Crippen molar-refractivity contribution in [1.29, 1.82) is 0 Å². The van der Waals surface area contributed by atoms with Gasteiger partial charge in [0.15, 0.2) is 0 Å². The van der Waals surface area contributed by atoms with E-state index in [2.05, 4.69) is 49.2 Å². The standard InChI is InChI=1S/C22H23N3O3/c1-15-8-9-19-17(14-15)21(2,3)22(23-20(26)11-13-24(19)22)12-10-16-6-4-5-7-18(16)25(27)28/h4-10,12,14H,11,13H2,1-3H3,(H,23,26). The molecule has 6 nitrogen and oxygen atoms in total. The minimum atomic E-state index is -0.776. The highest BCUT2D eigenvalue weighted by atomic mass is 16.6. The molecule has 0 saturated carbocycles. The van der Waals surface area contributed by atoms with Crippen LogP contribution in [-0.2, 0) is 10.2 Å². The first-order valence-corrected chi connectivity index (χ1v) is 9.39. The van der Waals surface area contributed by atoms with Crippen LogP contribution in [0.5, 0.6) is 0 Å². The summed E-state index contributed by atoms with van der Waals surface area (Å²) in [5, 5.41) is 14.6. The van der Waals surface area contributed by atoms with Crippen molar-refractivity contribution in [2.45, 2.75) is 38.3 Å². The summed E-state index contributed by atoms with van der Waals surface area (Å²) in [4.78, 5) is 25.6. The number of benzene rings is 2. The van der Waals surface area contributed by atoms with Gasteiger partial charge in [0.2, 0.25) is 5.91 Å². The zero-order valence-electron chi connectivity index (χ0n) is 16.2. The van der Waals surface area contributed by atoms with E-state index < -0.39 is 11.1 Å². The van der Waals surface area contributed by atoms with Gasteiger partial charge in [-0.05, 0) is 36.8 Å². The molecule has 2 aromatic carbocycles. The summed E-state index contributed by atoms with van der Waals surface area (Å²) in [7, 11) is 0. The summed E-state index contributed by atoms with van der Waals surface area (Å²) >= 11 is 0. The molecule has 1 unspecified atom stereocenters. The Morgan fingerprint density at radius 2 is 1.96 bits per heavy atom. The lowest BCUT2D eigenvalue weighted by molar-refractivity contribution is -0.385. The van der Waals surface area contributed by atoms with Crippen LogP contribution in [0.4, 0.5) is 11.4 Å². The fourth-order valence-corrected chi connectivity index (χ4v) is 4.47. The molecule has 1 saturated heterocycles. The van der Waals surface area contributed by atoms with E-state index in [4.69, 9.17) is 0 Å². The quantitative estimate of drug-likeness (QED) is 0.650. The maximum atomic E-state index is 12.4. The molecule has 0 aromatic heterocycles. The number of nitrogens with one attached hydrogen (secondary N) is 1. The normalized spacial score (nSPS) is 22.7. The van der Waals surface area contributed by atoms with Gasteiger partial charge in [-0.2, -0.15) is 0 Å². The SMILES string of the molecule is Cc1ccc2c(c1)C(C)(C)C1(C=Cc3ccccc3[N+](=O)[O-])NC(=O)CCN21. The molecule has 1 amide bonds. The van der Waals surface area contributed by atoms with E-state index in [-0.39, 0.29) is 16.5 Å². The van der Waals surface area contributed by atoms with Crippen LogP contribution in [0.3, 0.4) is 0 Å². The Bertz CT molecular complexity index is 1010. The molecule has 2 heterocycles. The summed E-state index contributed by atoms with van der Waals surface area (Å²) in [6.07, 6.45) is 4.10. The van der Waals surface area contributed by atoms with Gasteiger partial charge < -0.3 is 10.2 Å². The number of hydrogen-bond donors (Lipinski definition) is 1. The van der Waals surface area contributed by atoms with E-state index in [1.165, 1.54) is 11.6 Å². The highest BCUT2D eigenvalue weighted by Gasteiger charge is 2.57. The number of amides is 1. The summed E-state index contributed by atoms with van der Waals surface area (Å²) in [5.41, 5.74) is 2.81. The molecule has 1 atom stereocenters. The Morgan fingerprint density at radius 1 is 1.21 bits per heavy atom. The van der Waals surface area contributed by atoms with Crippen molar-refractivity contribution in [1.82, 2.24) is 5.32 Å². The van der Waals surface area contributed by atoms with Crippen molar-refractivity contribution >= 4 is 23.4 Å². The monoisotopic (exact) mass is 377 g/mol. The Kier molecular flexibility index (Phi) is 4.03. The third-order valence-corrected chi connectivity index (χ3v) is 6.02. The van der Waals surface area contributed by atoms with Gasteiger partial charge in [0, 0.05) is 30.1 Å². The summed E-state index contributed by atoms with van der Waals surface area (Å²) < 4.78 is 0. The van der Waals surface area contributed by atoms with Crippen LogP contribution in [0.2, 0.25) is 0 Å². The van der Waals surface area contributed by atoms with Crippen molar-refractivity contribution in [2.75, 3.05) is 11.4 Å². The fourth-order valence-electron chi connectivity index (χ4n) is 4.47. The zero-order chi connectivity index (χ0) is 20.1. The third-order valence-electron chi connectivity index (χ3n) is 6.02. The van der Waals surface area contributed by atoms with Gasteiger partial charge in [0.1, 0.15) is 5.66 Å². The van der Waals surface area contributed by atoms with E-state index in [1.54, 1.807) is 24.3 Å². The van der Waals surface area contributed by atoms with Crippen LogP contribution in [0.25, 0.3) is 6.08 Å². The van der Waals surface area contributed by atoms with E-state index in [0.29, 0.717) is 18.5 Å². The van der Waals surface area contributed by atoms with Gasteiger partial charge in [-0.15, -0.1) is 0 Å². The minimum Gasteiger partial charge on any atom is -0.344 e. The maximum Gasteiger partial charge on any atom is 0.276 e. The lowest BCUT2D eigenvalue weighted by atomic mass is 9.74. The maximum absolute atomic E-state index is 12.4. The van der Waals surface area contributed by atoms with Gasteiger partial charge in [-0.25, -0.2) is 0 Å². The first-order valence-electron chi connectivity index (χ1n) is 9.39. The first kappa shape index (κ1) is 18.2. The second-order valence-corrected chi connectivity index (χ2v) is 8.01. The topological polar surface area (TPSA) is 75.5 Å². The minimum absolute atomic E-state index is 0.0129. The average Bonchev–Trinajstić information content (AvgIpc) is 2.84. The van der Waals surface area contributed by atoms with Gasteiger partial charge >= 0.3 is 0 Å². The zero-order valence-corrected chi connectivity index (χ0v) is 16.2. The van der Waals surface area contributed by atoms with Crippen molar-refractivity contribution < 1.29 is 9.72 Å². The number of rotatable bonds is 3. The number of nitro groups is 1. The molecular weight excluding hydrogens is 354 g/mol. The van der Waals surface area contributed by atoms with E-state index in [1.807, 2.05) is 6.08 Å². The smallest absolute Gasteiger partial charge is 0.276 e. The number of anilines is 1. The molecule has 2 aromatic rings. The van der Waals surface area contributed by atoms with Crippen molar-refractivity contribution in [3.63, 3.8) is 0 Å². The predicted octanol–water partition coefficient (Wildman–Crippen LogP) is 3.93. The van der Waals surface area contributed by atoms with Crippen molar-refractivity contribution in [3.8, 4) is 0 Å². The van der Waals surface area contributed by atoms with E-state index in [9.17, 15) is 14.9 Å². The Balaban J connectivity index is 1.87. The average molecular weight is 377 g/mol. The first-order chi connectivity index (χ1) is 13.3. The largest absolute Gasteiger partial charge is 0.344 e. The molecule has 2 aliphatic rings. The lowest BCUT2D eigenvalue weighted by Crippen LogP contribution is -2.68. The van der Waals surface area contributed by atoms with Crippen LogP contribution < -0.4 is 10.2 Å². The van der Waals surface area contributed by atoms with Crippen LogP contribution in [-0.4, -0.2) is 23.0 Å². The second-order valence-electron chi connectivity index (χ2n) is 8.01. The number of hydrogen-bond acceptors (Lipinski definition) is 4. The molecule has 1 N–H and O–H groups in total. The third kappa shape index (κ3) is 2.52. The predicted molar refractivity (Wildman–Crippen MR) is 109 cm³/mol. The van der Waals surface area contributed by atoms with Crippen molar-refractivity contribution in [3.05, 3.63) is 75.3 Å². The molecule has 0 bridgehead atoms. The van der Waals surface area contributed by atoms with Crippen LogP contribution >= 0.6 is 0 Å². The lowest BCUT2D eigenvalue weighted by Gasteiger charge is -2.49. The Hall–Kier alpha value is -3.15. The molecule has 28 heavy (non-hydrogen) atoms. The van der Waals surface area contributed by atoms with Gasteiger partial charge in [-0.1, -0.05) is 43.7 Å². The molecular formula is C22H23N3O3. The summed E-state index contributed by atoms with van der Waals surface area (Å²) in [5.74, 6) is -0.0129. The molecule has 1 fully saturated rings. The number of nitro benzene ring substituents is 1. The number of carbonyl (C=O) groups excluding carboxylic acids is 1. The molecule has 4 rings (SSSR count). The Labute approximate surface area is 164 Å². The van der Waals surface area contributed by atoms with Crippen molar-refractivity contribution in [2.24, 2.45) is 0 Å². The number of nitrogens with zero attached hydrogens (tertiary/aromatic N) is 2. The van der Waals surface area contributed by atoms with Crippen LogP contribution in [0.1, 0.15) is 37.0 Å². The second kappa shape index (κ2) is 6.19. The summed E-state index contributed by atoms with van der Waals surface area (Å²) in [6, 6.07) is 13.0. The molecule has 144 valence electrons. The molecule has 0 aliphatic carbocycles. The molecule has 6 heteroatoms. The highest BCUT2D eigenvalue weighted by Crippen LogP contribution is 2.52. The van der Waals surface area contributed by atoms with Crippen LogP contribution in [0, 0.1) is 17.0 Å².